The van der Waals surface area contributed by atoms with Crippen molar-refractivity contribution in [3.05, 3.63) is 82.4 Å². The van der Waals surface area contributed by atoms with E-state index in [1.807, 2.05) is 0 Å². The smallest absolute Gasteiger partial charge is 0.338 e. The highest BCUT2D eigenvalue weighted by atomic mass is 35.5. The molecule has 7 heteroatoms. The maximum absolute atomic E-state index is 13.2. The molecule has 1 aliphatic heterocycles. The SMILES string of the molecule is COC(=O)c1cc(-c2ccc(Cl)cc2)c(N)c2c1C(=O)N(c1ccccc1)C2=O. The lowest BCUT2D eigenvalue weighted by molar-refractivity contribution is 0.0597. The zero-order valence-electron chi connectivity index (χ0n) is 15.3. The number of ether oxygens (including phenoxy) is 1. The van der Waals surface area contributed by atoms with Gasteiger partial charge in [-0.05, 0) is 35.9 Å². The Balaban J connectivity index is 1.98. The van der Waals surface area contributed by atoms with Crippen LogP contribution in [0.1, 0.15) is 31.1 Å². The van der Waals surface area contributed by atoms with Gasteiger partial charge in [0.25, 0.3) is 11.8 Å². The number of rotatable bonds is 3. The normalized spacial score (nSPS) is 12.8. The van der Waals surface area contributed by atoms with E-state index in [2.05, 4.69) is 0 Å². The highest BCUT2D eigenvalue weighted by Crippen LogP contribution is 2.40. The Morgan fingerprint density at radius 2 is 1.59 bits per heavy atom. The summed E-state index contributed by atoms with van der Waals surface area (Å²) < 4.78 is 4.85. The monoisotopic (exact) mass is 406 g/mol. The van der Waals surface area contributed by atoms with Crippen LogP contribution in [0.15, 0.2) is 60.7 Å². The number of fused-ring (bicyclic) bond motifs is 1. The van der Waals surface area contributed by atoms with Crippen LogP contribution in [-0.2, 0) is 4.74 Å². The van der Waals surface area contributed by atoms with Crippen molar-refractivity contribution in [2.45, 2.75) is 0 Å². The van der Waals surface area contributed by atoms with Gasteiger partial charge in [0.1, 0.15) is 0 Å². The topological polar surface area (TPSA) is 89.7 Å². The Morgan fingerprint density at radius 3 is 2.21 bits per heavy atom. The molecule has 2 amide bonds. The quantitative estimate of drug-likeness (QED) is 0.400. The Bertz CT molecular complexity index is 1160. The first kappa shape index (κ1) is 18.7. The largest absolute Gasteiger partial charge is 0.465 e. The van der Waals surface area contributed by atoms with Crippen LogP contribution in [0.5, 0.6) is 0 Å². The van der Waals surface area contributed by atoms with Gasteiger partial charge in [0, 0.05) is 10.6 Å². The number of methoxy groups -OCH3 is 1. The summed E-state index contributed by atoms with van der Waals surface area (Å²) in [7, 11) is 1.21. The molecule has 1 aliphatic rings. The second-order valence-corrected chi connectivity index (χ2v) is 6.85. The van der Waals surface area contributed by atoms with Gasteiger partial charge in [-0.15, -0.1) is 0 Å². The minimum absolute atomic E-state index is 0.00768. The lowest BCUT2D eigenvalue weighted by atomic mass is 9.93. The van der Waals surface area contributed by atoms with Crippen molar-refractivity contribution < 1.29 is 19.1 Å². The Hall–Kier alpha value is -3.64. The van der Waals surface area contributed by atoms with Gasteiger partial charge in [0.15, 0.2) is 0 Å². The number of halogens is 1. The molecule has 0 saturated heterocycles. The third-order valence-corrected chi connectivity index (χ3v) is 5.03. The van der Waals surface area contributed by atoms with Gasteiger partial charge in [-0.3, -0.25) is 9.59 Å². The molecule has 0 unspecified atom stereocenters. The maximum atomic E-state index is 13.2. The van der Waals surface area contributed by atoms with Gasteiger partial charge in [-0.2, -0.15) is 0 Å². The zero-order valence-corrected chi connectivity index (χ0v) is 16.1. The fourth-order valence-electron chi connectivity index (χ4n) is 3.41. The van der Waals surface area contributed by atoms with Crippen LogP contribution in [0.3, 0.4) is 0 Å². The number of carbonyl (C=O) groups is 3. The number of carbonyl (C=O) groups excluding carboxylic acids is 3. The average molecular weight is 407 g/mol. The molecule has 1 heterocycles. The minimum Gasteiger partial charge on any atom is -0.465 e. The van der Waals surface area contributed by atoms with Crippen LogP contribution in [0, 0.1) is 0 Å². The number of hydrogen-bond donors (Lipinski definition) is 1. The predicted molar refractivity (Wildman–Crippen MR) is 110 cm³/mol. The first-order chi connectivity index (χ1) is 13.9. The van der Waals surface area contributed by atoms with E-state index < -0.39 is 17.8 Å². The van der Waals surface area contributed by atoms with Gasteiger partial charge < -0.3 is 10.5 Å². The molecule has 0 aromatic heterocycles. The molecule has 0 fully saturated rings. The molecule has 0 radical (unpaired) electrons. The summed E-state index contributed by atoms with van der Waals surface area (Å²) in [6, 6.07) is 16.7. The predicted octanol–water partition coefficient (Wildman–Crippen LogP) is 4.18. The summed E-state index contributed by atoms with van der Waals surface area (Å²) in [5, 5.41) is 0.531. The number of anilines is 2. The second-order valence-electron chi connectivity index (χ2n) is 6.42. The maximum Gasteiger partial charge on any atom is 0.338 e. The molecular weight excluding hydrogens is 392 g/mol. The number of para-hydroxylation sites is 1. The number of imide groups is 1. The molecule has 0 saturated carbocycles. The average Bonchev–Trinajstić information content (AvgIpc) is 3.00. The van der Waals surface area contributed by atoms with E-state index in [9.17, 15) is 14.4 Å². The van der Waals surface area contributed by atoms with Crippen molar-refractivity contribution in [1.82, 2.24) is 0 Å². The molecule has 3 aromatic carbocycles. The fraction of sp³-hybridized carbons (Fsp3) is 0.0455. The summed E-state index contributed by atoms with van der Waals surface area (Å²) in [6.07, 6.45) is 0. The van der Waals surface area contributed by atoms with Crippen molar-refractivity contribution in [3.8, 4) is 11.1 Å². The molecule has 4 rings (SSSR count). The number of nitrogens with zero attached hydrogens (tertiary/aromatic N) is 1. The lowest BCUT2D eigenvalue weighted by Gasteiger charge is -2.13. The minimum atomic E-state index is -0.729. The third kappa shape index (κ3) is 2.94. The first-order valence-electron chi connectivity index (χ1n) is 8.68. The van der Waals surface area contributed by atoms with Crippen LogP contribution in [0.4, 0.5) is 11.4 Å². The standard InChI is InChI=1S/C22H15ClN2O4/c1-29-22(28)16-11-15(12-7-9-13(23)10-8-12)19(24)18-17(16)20(26)25(21(18)27)14-5-3-2-4-6-14/h2-11H,24H2,1H3. The number of nitrogen functional groups attached to an aromatic ring is 1. The van der Waals surface area contributed by atoms with Gasteiger partial charge in [-0.1, -0.05) is 41.9 Å². The fourth-order valence-corrected chi connectivity index (χ4v) is 3.54. The van der Waals surface area contributed by atoms with E-state index in [0.29, 0.717) is 21.8 Å². The van der Waals surface area contributed by atoms with Crippen molar-refractivity contribution in [3.63, 3.8) is 0 Å². The second kappa shape index (κ2) is 7.07. The molecule has 0 aliphatic carbocycles. The zero-order chi connectivity index (χ0) is 20.7. The number of esters is 1. The van der Waals surface area contributed by atoms with Crippen LogP contribution in [-0.4, -0.2) is 24.9 Å². The molecule has 0 bridgehead atoms. The highest BCUT2D eigenvalue weighted by molar-refractivity contribution is 6.38. The van der Waals surface area contributed by atoms with Crippen LogP contribution >= 0.6 is 11.6 Å². The highest BCUT2D eigenvalue weighted by Gasteiger charge is 2.42. The van der Waals surface area contributed by atoms with E-state index in [1.165, 1.54) is 13.2 Å². The summed E-state index contributed by atoms with van der Waals surface area (Å²) >= 11 is 5.96. The Labute approximate surface area is 171 Å². The Morgan fingerprint density at radius 1 is 0.966 bits per heavy atom. The van der Waals surface area contributed by atoms with Gasteiger partial charge in [0.2, 0.25) is 0 Å². The van der Waals surface area contributed by atoms with E-state index >= 15 is 0 Å². The number of benzene rings is 3. The molecule has 144 valence electrons. The molecule has 6 nitrogen and oxygen atoms in total. The summed E-state index contributed by atoms with van der Waals surface area (Å²) in [5.41, 5.74) is 7.85. The number of hydrogen-bond acceptors (Lipinski definition) is 5. The number of amides is 2. The van der Waals surface area contributed by atoms with Gasteiger partial charge in [0.05, 0.1) is 35.2 Å². The Kier molecular flexibility index (Phi) is 4.56. The van der Waals surface area contributed by atoms with Gasteiger partial charge >= 0.3 is 5.97 Å². The molecule has 0 atom stereocenters. The molecule has 29 heavy (non-hydrogen) atoms. The molecule has 2 N–H and O–H groups in total. The molecular formula is C22H15ClN2O4. The van der Waals surface area contributed by atoms with E-state index in [0.717, 1.165) is 4.90 Å². The molecule has 3 aromatic rings. The van der Waals surface area contributed by atoms with Crippen LogP contribution in [0.25, 0.3) is 11.1 Å². The van der Waals surface area contributed by atoms with E-state index in [4.69, 9.17) is 22.1 Å². The van der Waals surface area contributed by atoms with Crippen LogP contribution in [0.2, 0.25) is 5.02 Å². The van der Waals surface area contributed by atoms with Crippen molar-refractivity contribution in [1.29, 1.82) is 0 Å². The van der Waals surface area contributed by atoms with Crippen molar-refractivity contribution >= 4 is 40.8 Å². The summed E-state index contributed by atoms with van der Waals surface area (Å²) in [4.78, 5) is 39.8. The summed E-state index contributed by atoms with van der Waals surface area (Å²) in [6.45, 7) is 0. The van der Waals surface area contributed by atoms with Crippen LogP contribution < -0.4 is 10.6 Å². The third-order valence-electron chi connectivity index (χ3n) is 4.78. The number of nitrogens with two attached hydrogens (primary N) is 1. The van der Waals surface area contributed by atoms with E-state index in [1.54, 1.807) is 54.6 Å². The summed E-state index contributed by atoms with van der Waals surface area (Å²) in [5.74, 6) is -1.94. The van der Waals surface area contributed by atoms with Crippen molar-refractivity contribution in [2.75, 3.05) is 17.7 Å². The lowest BCUT2D eigenvalue weighted by Crippen LogP contribution is -2.29. The first-order valence-corrected chi connectivity index (χ1v) is 9.06. The van der Waals surface area contributed by atoms with Gasteiger partial charge in [-0.25, -0.2) is 9.69 Å². The van der Waals surface area contributed by atoms with E-state index in [-0.39, 0.29) is 22.4 Å². The van der Waals surface area contributed by atoms with Crippen molar-refractivity contribution in [2.24, 2.45) is 0 Å². The molecule has 0 spiro atoms.